The van der Waals surface area contributed by atoms with Crippen LogP contribution in [-0.4, -0.2) is 30.8 Å². The molecule has 5 nitrogen and oxygen atoms in total. The fourth-order valence-corrected chi connectivity index (χ4v) is 1.27. The average Bonchev–Trinajstić information content (AvgIpc) is 1.99. The van der Waals surface area contributed by atoms with E-state index in [0.29, 0.717) is 0 Å². The Morgan fingerprint density at radius 3 is 2.33 bits per heavy atom. The summed E-state index contributed by atoms with van der Waals surface area (Å²) in [5.41, 5.74) is 0.238. The molecular formula is C8H13NaO5S. The summed E-state index contributed by atoms with van der Waals surface area (Å²) in [6.45, 7) is 6.37. The predicted molar refractivity (Wildman–Crippen MR) is 49.5 cm³/mol. The average molecular weight is 244 g/mol. The maximum Gasteiger partial charge on any atom is 1.00 e. The maximum atomic E-state index is 10.9. The van der Waals surface area contributed by atoms with Crippen LogP contribution in [-0.2, 0) is 19.6 Å². The number of esters is 1. The van der Waals surface area contributed by atoms with Gasteiger partial charge in [0.15, 0.2) is 0 Å². The number of rotatable bonds is 5. The van der Waals surface area contributed by atoms with E-state index in [-0.39, 0.29) is 41.6 Å². The van der Waals surface area contributed by atoms with Crippen molar-refractivity contribution in [3.05, 3.63) is 12.2 Å². The number of ether oxygens (including phenoxy) is 1. The van der Waals surface area contributed by atoms with Crippen molar-refractivity contribution in [3.63, 3.8) is 0 Å². The molecule has 7 heteroatoms. The van der Waals surface area contributed by atoms with Gasteiger partial charge < -0.3 is 9.29 Å². The van der Waals surface area contributed by atoms with Crippen molar-refractivity contribution in [2.75, 3.05) is 5.75 Å². The molecule has 0 aliphatic rings. The quantitative estimate of drug-likeness (QED) is 0.230. The molecule has 0 rings (SSSR count). The van der Waals surface area contributed by atoms with Gasteiger partial charge in [-0.05, 0) is 20.3 Å². The van der Waals surface area contributed by atoms with Gasteiger partial charge in [-0.3, -0.25) is 0 Å². The van der Waals surface area contributed by atoms with Crippen LogP contribution in [0.4, 0.5) is 0 Å². The molecule has 15 heavy (non-hydrogen) atoms. The van der Waals surface area contributed by atoms with Gasteiger partial charge in [0, 0.05) is 11.3 Å². The zero-order chi connectivity index (χ0) is 11.4. The van der Waals surface area contributed by atoms with Crippen LogP contribution in [0, 0.1) is 0 Å². The monoisotopic (exact) mass is 244 g/mol. The van der Waals surface area contributed by atoms with Crippen LogP contribution in [0.3, 0.4) is 0 Å². The van der Waals surface area contributed by atoms with Crippen LogP contribution in [0.25, 0.3) is 0 Å². The summed E-state index contributed by atoms with van der Waals surface area (Å²) in [4.78, 5) is 10.9. The fourth-order valence-electron chi connectivity index (χ4n) is 0.653. The van der Waals surface area contributed by atoms with Gasteiger partial charge in [-0.1, -0.05) is 6.58 Å². The molecule has 82 valence electrons. The van der Waals surface area contributed by atoms with Gasteiger partial charge in [0.1, 0.15) is 6.10 Å². The molecule has 0 aromatic heterocycles. The summed E-state index contributed by atoms with van der Waals surface area (Å²) in [5, 5.41) is 0. The van der Waals surface area contributed by atoms with Crippen molar-refractivity contribution >= 4 is 16.1 Å². The minimum atomic E-state index is -4.24. The second kappa shape index (κ2) is 7.40. The number of hydrogen-bond acceptors (Lipinski definition) is 5. The zero-order valence-electron chi connectivity index (χ0n) is 9.15. The van der Waals surface area contributed by atoms with Crippen LogP contribution in [0.5, 0.6) is 0 Å². The van der Waals surface area contributed by atoms with Crippen molar-refractivity contribution in [1.29, 1.82) is 0 Å². The van der Waals surface area contributed by atoms with E-state index >= 15 is 0 Å². The minimum Gasteiger partial charge on any atom is -0.748 e. The molecule has 0 saturated carbocycles. The summed E-state index contributed by atoms with van der Waals surface area (Å²) in [7, 11) is -4.24. The Labute approximate surface area is 112 Å². The second-order valence-electron chi connectivity index (χ2n) is 3.05. The number of carbonyl (C=O) groups is 1. The normalized spacial score (nSPS) is 12.5. The van der Waals surface area contributed by atoms with Crippen molar-refractivity contribution in [2.45, 2.75) is 26.4 Å². The summed E-state index contributed by atoms with van der Waals surface area (Å²) in [5.74, 6) is -1.11. The molecule has 0 spiro atoms. The van der Waals surface area contributed by atoms with Gasteiger partial charge >= 0.3 is 35.5 Å². The van der Waals surface area contributed by atoms with Gasteiger partial charge in [-0.2, -0.15) is 0 Å². The molecule has 0 N–H and O–H groups in total. The van der Waals surface area contributed by atoms with E-state index in [2.05, 4.69) is 6.58 Å². The molecule has 0 bridgehead atoms. The van der Waals surface area contributed by atoms with Gasteiger partial charge in [0.05, 0.1) is 10.1 Å². The fraction of sp³-hybridized carbons (Fsp3) is 0.625. The molecule has 0 aromatic rings. The van der Waals surface area contributed by atoms with Crippen LogP contribution in [0.15, 0.2) is 12.2 Å². The standard InChI is InChI=1S/C8H14O5S.Na/c1-6(2)8(9)13-7(3)4-5-14(10,11)12;/h7H,1,4-5H2,2-3H3,(H,10,11,12);/q;+1/p-1. The van der Waals surface area contributed by atoms with Crippen molar-refractivity contribution in [3.8, 4) is 0 Å². The third-order valence-electron chi connectivity index (χ3n) is 1.43. The molecule has 0 radical (unpaired) electrons. The molecule has 0 aliphatic carbocycles. The molecule has 0 fully saturated rings. The maximum absolute atomic E-state index is 10.9. The molecule has 0 aromatic carbocycles. The van der Waals surface area contributed by atoms with E-state index in [0.717, 1.165) is 0 Å². The summed E-state index contributed by atoms with van der Waals surface area (Å²) in [6.07, 6.45) is -0.590. The van der Waals surface area contributed by atoms with Crippen molar-refractivity contribution in [1.82, 2.24) is 0 Å². The Bertz CT molecular complexity index is 322. The molecule has 1 unspecified atom stereocenters. The van der Waals surface area contributed by atoms with Crippen LogP contribution < -0.4 is 29.6 Å². The van der Waals surface area contributed by atoms with Gasteiger partial charge in [-0.15, -0.1) is 0 Å². The van der Waals surface area contributed by atoms with E-state index in [4.69, 9.17) is 4.74 Å². The third kappa shape index (κ3) is 10.4. The Hall–Kier alpha value is 0.120. The summed E-state index contributed by atoms with van der Waals surface area (Å²) < 4.78 is 35.5. The second-order valence-corrected chi connectivity index (χ2v) is 4.57. The zero-order valence-corrected chi connectivity index (χ0v) is 12.0. The van der Waals surface area contributed by atoms with E-state index < -0.39 is 27.9 Å². The SMILES string of the molecule is C=C(C)C(=O)OC(C)CCS(=O)(=O)[O-].[Na+]. The first-order chi connectivity index (χ1) is 6.22. The summed E-state index contributed by atoms with van der Waals surface area (Å²) >= 11 is 0. The van der Waals surface area contributed by atoms with Gasteiger partial charge in [0.2, 0.25) is 0 Å². The topological polar surface area (TPSA) is 83.5 Å². The number of carbonyl (C=O) groups excluding carboxylic acids is 1. The Kier molecular flexibility index (Phi) is 8.64. The van der Waals surface area contributed by atoms with Crippen LogP contribution in [0.2, 0.25) is 0 Å². The molecule has 0 amide bonds. The van der Waals surface area contributed by atoms with Crippen molar-refractivity contribution in [2.24, 2.45) is 0 Å². The molecule has 0 saturated heterocycles. The predicted octanol–water partition coefficient (Wildman–Crippen LogP) is -2.57. The molecule has 0 aliphatic heterocycles. The third-order valence-corrected chi connectivity index (χ3v) is 2.17. The van der Waals surface area contributed by atoms with E-state index in [1.54, 1.807) is 0 Å². The molecule has 0 heterocycles. The van der Waals surface area contributed by atoms with E-state index in [1.807, 2.05) is 0 Å². The number of hydrogen-bond donors (Lipinski definition) is 0. The van der Waals surface area contributed by atoms with Crippen molar-refractivity contribution < 1.29 is 52.1 Å². The minimum absolute atomic E-state index is 0. The summed E-state index contributed by atoms with van der Waals surface area (Å²) in [6, 6.07) is 0. The van der Waals surface area contributed by atoms with Gasteiger partial charge in [-0.25, -0.2) is 13.2 Å². The first-order valence-electron chi connectivity index (χ1n) is 4.02. The first-order valence-corrected chi connectivity index (χ1v) is 5.60. The largest absolute Gasteiger partial charge is 1.00 e. The van der Waals surface area contributed by atoms with E-state index in [1.165, 1.54) is 13.8 Å². The Morgan fingerprint density at radius 1 is 1.53 bits per heavy atom. The van der Waals surface area contributed by atoms with E-state index in [9.17, 15) is 17.8 Å². The Morgan fingerprint density at radius 2 is 2.00 bits per heavy atom. The van der Waals surface area contributed by atoms with Gasteiger partial charge in [0.25, 0.3) is 0 Å². The first kappa shape index (κ1) is 17.5. The van der Waals surface area contributed by atoms with Crippen LogP contribution >= 0.6 is 0 Å². The Balaban J connectivity index is 0. The smallest absolute Gasteiger partial charge is 0.748 e. The molecular weight excluding hydrogens is 231 g/mol. The van der Waals surface area contributed by atoms with Crippen LogP contribution in [0.1, 0.15) is 20.3 Å². The molecule has 1 atom stereocenters.